The zero-order chi connectivity index (χ0) is 21.6. The van der Waals surface area contributed by atoms with Gasteiger partial charge >= 0.3 is 0 Å². The molecule has 0 aromatic heterocycles. The minimum atomic E-state index is 0. The van der Waals surface area contributed by atoms with E-state index in [0.717, 1.165) is 11.3 Å². The van der Waals surface area contributed by atoms with E-state index >= 15 is 0 Å². The summed E-state index contributed by atoms with van der Waals surface area (Å²) in [5, 5.41) is 26.4. The van der Waals surface area contributed by atoms with Gasteiger partial charge in [-0.25, -0.2) is 0 Å². The van der Waals surface area contributed by atoms with Gasteiger partial charge in [0.1, 0.15) is 29.6 Å². The largest absolute Gasteiger partial charge is 0.508 e. The van der Waals surface area contributed by atoms with Gasteiger partial charge in [-0.05, 0) is 61.0 Å². The van der Waals surface area contributed by atoms with Gasteiger partial charge in [0.25, 0.3) is 0 Å². The Morgan fingerprint density at radius 1 is 0.567 bits per heavy atom. The van der Waals surface area contributed by atoms with Gasteiger partial charge in [0.2, 0.25) is 0 Å². The van der Waals surface area contributed by atoms with E-state index in [1.165, 1.54) is 29.8 Å². The lowest BCUT2D eigenvalue weighted by Gasteiger charge is -2.05. The third-order valence-corrected chi connectivity index (χ3v) is 3.88. The second-order valence-electron chi connectivity index (χ2n) is 6.44. The molecule has 0 aliphatic carbocycles. The second kappa shape index (κ2) is 12.5. The predicted octanol–water partition coefficient (Wildman–Crippen LogP) is 6.31. The molecule has 0 atom stereocenters. The zero-order valence-corrected chi connectivity index (χ0v) is 16.8. The van der Waals surface area contributed by atoms with Crippen molar-refractivity contribution in [1.82, 2.24) is 0 Å². The molecule has 3 N–H and O–H groups in total. The number of aryl methyl sites for hydroxylation is 1. The fraction of sp³-hybridized carbons (Fsp3) is 0.0769. The first-order valence-electron chi connectivity index (χ1n) is 9.48. The van der Waals surface area contributed by atoms with Crippen LogP contribution in [0.4, 0.5) is 0 Å². The Morgan fingerprint density at radius 2 is 0.967 bits per heavy atom. The third kappa shape index (κ3) is 9.33. The van der Waals surface area contributed by atoms with Crippen molar-refractivity contribution in [3.8, 4) is 23.0 Å². The Hall–Kier alpha value is -3.92. The molecule has 0 aliphatic heterocycles. The average Bonchev–Trinajstić information content (AvgIpc) is 2.78. The van der Waals surface area contributed by atoms with Crippen LogP contribution in [-0.2, 0) is 6.61 Å². The number of aromatic hydroxyl groups is 3. The SMILES string of the molecule is Cc1ccccc1.Oc1ccc(O)cc1.Oc1ccc(OCc2ccccc2)cc1.[HH]. The van der Waals surface area contributed by atoms with Crippen LogP contribution in [0.15, 0.2) is 109 Å². The van der Waals surface area contributed by atoms with E-state index in [2.05, 4.69) is 19.1 Å². The van der Waals surface area contributed by atoms with E-state index in [4.69, 9.17) is 20.1 Å². The quantitative estimate of drug-likeness (QED) is 0.350. The lowest BCUT2D eigenvalue weighted by Crippen LogP contribution is -1.94. The van der Waals surface area contributed by atoms with Gasteiger partial charge < -0.3 is 20.1 Å². The summed E-state index contributed by atoms with van der Waals surface area (Å²) in [6, 6.07) is 32.7. The van der Waals surface area contributed by atoms with Crippen molar-refractivity contribution in [3.05, 3.63) is 120 Å². The van der Waals surface area contributed by atoms with Gasteiger partial charge in [-0.15, -0.1) is 0 Å². The van der Waals surface area contributed by atoms with Gasteiger partial charge in [-0.2, -0.15) is 0 Å². The van der Waals surface area contributed by atoms with Crippen LogP contribution in [0.1, 0.15) is 12.6 Å². The topological polar surface area (TPSA) is 69.9 Å². The van der Waals surface area contributed by atoms with E-state index in [0.29, 0.717) is 6.61 Å². The number of benzene rings is 4. The molecule has 4 heteroatoms. The molecule has 0 saturated heterocycles. The summed E-state index contributed by atoms with van der Waals surface area (Å²) in [6.45, 7) is 2.63. The summed E-state index contributed by atoms with van der Waals surface area (Å²) in [7, 11) is 0. The molecular weight excluding hydrogens is 376 g/mol. The van der Waals surface area contributed by atoms with Gasteiger partial charge in [0.05, 0.1) is 0 Å². The molecule has 0 heterocycles. The smallest absolute Gasteiger partial charge is 0.120 e. The maximum Gasteiger partial charge on any atom is 0.120 e. The molecule has 0 bridgehead atoms. The first-order valence-corrected chi connectivity index (χ1v) is 9.48. The van der Waals surface area contributed by atoms with Gasteiger partial charge in [-0.1, -0.05) is 66.2 Å². The highest BCUT2D eigenvalue weighted by Gasteiger charge is 1.95. The summed E-state index contributed by atoms with van der Waals surface area (Å²) in [5.74, 6) is 1.35. The number of phenolic OH excluding ortho intramolecular Hbond substituents is 3. The summed E-state index contributed by atoms with van der Waals surface area (Å²) in [4.78, 5) is 0. The Morgan fingerprint density at radius 3 is 1.37 bits per heavy atom. The Bertz CT molecular complexity index is 937. The van der Waals surface area contributed by atoms with E-state index in [1.807, 2.05) is 48.5 Å². The molecule has 0 amide bonds. The van der Waals surface area contributed by atoms with Crippen molar-refractivity contribution in [2.45, 2.75) is 13.5 Å². The third-order valence-electron chi connectivity index (χ3n) is 3.88. The number of hydrogen-bond acceptors (Lipinski definition) is 4. The lowest BCUT2D eigenvalue weighted by molar-refractivity contribution is 0.305. The summed E-state index contributed by atoms with van der Waals surface area (Å²) in [5.41, 5.74) is 2.45. The van der Waals surface area contributed by atoms with Crippen molar-refractivity contribution in [2.75, 3.05) is 0 Å². The van der Waals surface area contributed by atoms with Crippen LogP contribution < -0.4 is 4.74 Å². The van der Waals surface area contributed by atoms with Crippen LogP contribution in [0, 0.1) is 6.92 Å². The van der Waals surface area contributed by atoms with Crippen LogP contribution in [0.25, 0.3) is 0 Å². The highest BCUT2D eigenvalue weighted by atomic mass is 16.5. The minimum Gasteiger partial charge on any atom is -0.508 e. The van der Waals surface area contributed by atoms with Gasteiger partial charge in [-0.3, -0.25) is 0 Å². The standard InChI is InChI=1S/C13H12O2.C7H8.C6H6O2.H2/c14-12-6-8-13(9-7-12)15-10-11-4-2-1-3-5-11;1-7-5-3-2-4-6-7;7-5-1-2-6(8)4-3-5;/h1-9,14H,10H2;2-6H,1H3;1-4,7-8H;1H. The molecular formula is C26H28O4. The van der Waals surface area contributed by atoms with Crippen LogP contribution >= 0.6 is 0 Å². The van der Waals surface area contributed by atoms with E-state index < -0.39 is 0 Å². The zero-order valence-electron chi connectivity index (χ0n) is 16.8. The number of ether oxygens (including phenoxy) is 1. The molecule has 156 valence electrons. The maximum absolute atomic E-state index is 9.09. The monoisotopic (exact) mass is 404 g/mol. The molecule has 30 heavy (non-hydrogen) atoms. The second-order valence-corrected chi connectivity index (χ2v) is 6.44. The van der Waals surface area contributed by atoms with Crippen LogP contribution in [0.2, 0.25) is 0 Å². The van der Waals surface area contributed by atoms with Crippen molar-refractivity contribution in [2.24, 2.45) is 0 Å². The van der Waals surface area contributed by atoms with Crippen molar-refractivity contribution >= 4 is 0 Å². The van der Waals surface area contributed by atoms with Crippen molar-refractivity contribution in [3.63, 3.8) is 0 Å². The number of rotatable bonds is 3. The molecule has 0 radical (unpaired) electrons. The molecule has 0 spiro atoms. The highest BCUT2D eigenvalue weighted by molar-refractivity contribution is 5.30. The lowest BCUT2D eigenvalue weighted by atomic mass is 10.2. The first-order chi connectivity index (χ1) is 14.5. The minimum absolute atomic E-state index is 0. The molecule has 0 saturated carbocycles. The predicted molar refractivity (Wildman–Crippen MR) is 122 cm³/mol. The fourth-order valence-corrected chi connectivity index (χ4v) is 2.27. The van der Waals surface area contributed by atoms with Crippen molar-refractivity contribution < 1.29 is 21.5 Å². The van der Waals surface area contributed by atoms with Crippen LogP contribution in [0.5, 0.6) is 23.0 Å². The van der Waals surface area contributed by atoms with E-state index in [9.17, 15) is 0 Å². The number of hydrogen-bond donors (Lipinski definition) is 3. The normalized spacial score (nSPS) is 9.37. The van der Waals surface area contributed by atoms with Crippen LogP contribution in [-0.4, -0.2) is 15.3 Å². The van der Waals surface area contributed by atoms with Gasteiger partial charge in [0, 0.05) is 1.43 Å². The molecule has 4 rings (SSSR count). The number of phenols is 3. The molecule has 0 fully saturated rings. The summed E-state index contributed by atoms with van der Waals surface area (Å²) in [6.07, 6.45) is 0. The molecule has 4 nitrogen and oxygen atoms in total. The van der Waals surface area contributed by atoms with Crippen molar-refractivity contribution in [1.29, 1.82) is 0 Å². The molecule has 4 aromatic rings. The van der Waals surface area contributed by atoms with E-state index in [1.54, 1.807) is 24.3 Å². The Kier molecular flexibility index (Phi) is 9.34. The van der Waals surface area contributed by atoms with Gasteiger partial charge in [0.15, 0.2) is 0 Å². The molecule has 0 aliphatic rings. The van der Waals surface area contributed by atoms with Crippen LogP contribution in [0.3, 0.4) is 0 Å². The average molecular weight is 405 g/mol. The molecule has 4 aromatic carbocycles. The highest BCUT2D eigenvalue weighted by Crippen LogP contribution is 2.17. The summed E-state index contributed by atoms with van der Waals surface area (Å²) >= 11 is 0. The Balaban J connectivity index is 0.000000254. The molecule has 0 unspecified atom stereocenters. The fourth-order valence-electron chi connectivity index (χ4n) is 2.27. The van der Waals surface area contributed by atoms with E-state index in [-0.39, 0.29) is 18.7 Å². The first kappa shape index (κ1) is 22.4. The Labute approximate surface area is 178 Å². The maximum atomic E-state index is 9.09. The summed E-state index contributed by atoms with van der Waals surface area (Å²) < 4.78 is 5.54.